The molecule has 1 aromatic rings. The van der Waals surface area contributed by atoms with Gasteiger partial charge >= 0.3 is 12.4 Å². The summed E-state index contributed by atoms with van der Waals surface area (Å²) in [4.78, 5) is 16.4. The second kappa shape index (κ2) is 11.5. The van der Waals surface area contributed by atoms with Crippen LogP contribution in [-0.2, 0) is 15.7 Å². The number of hydrogen-bond donors (Lipinski definition) is 2. The van der Waals surface area contributed by atoms with Crippen molar-refractivity contribution in [2.75, 3.05) is 43.8 Å². The lowest BCUT2D eigenvalue weighted by Gasteiger charge is -2.36. The first-order valence-corrected chi connectivity index (χ1v) is 12.7. The molecular formula is C26H32F6N4O2. The van der Waals surface area contributed by atoms with E-state index >= 15 is 0 Å². The van der Waals surface area contributed by atoms with Crippen LogP contribution in [0, 0.1) is 5.92 Å². The summed E-state index contributed by atoms with van der Waals surface area (Å²) >= 11 is 0. The lowest BCUT2D eigenvalue weighted by Crippen LogP contribution is -2.44. The molecule has 3 aliphatic rings. The predicted octanol–water partition coefficient (Wildman–Crippen LogP) is 5.19. The molecule has 1 amide bonds. The number of benzene rings is 1. The molecule has 0 radical (unpaired) electrons. The SMILES string of the molecule is Nc1ccc(NC2CCN(C(=O)COC3CCN(C4=CCC(C(F)(F)F)C=C4)CC3)CC2)cc1C(F)(F)F. The molecule has 6 nitrogen and oxygen atoms in total. The van der Waals surface area contributed by atoms with Gasteiger partial charge in [-0.1, -0.05) is 12.2 Å². The molecule has 2 saturated heterocycles. The number of nitrogens with two attached hydrogens (primary N) is 1. The van der Waals surface area contributed by atoms with Crippen molar-refractivity contribution in [3.05, 3.63) is 47.7 Å². The van der Waals surface area contributed by atoms with Crippen LogP contribution < -0.4 is 11.1 Å². The Labute approximate surface area is 217 Å². The highest BCUT2D eigenvalue weighted by molar-refractivity contribution is 5.77. The molecule has 0 aromatic heterocycles. The average Bonchev–Trinajstić information content (AvgIpc) is 2.88. The molecule has 4 rings (SSSR count). The Hall–Kier alpha value is -2.89. The van der Waals surface area contributed by atoms with Gasteiger partial charge in [0.15, 0.2) is 0 Å². The molecule has 1 unspecified atom stereocenters. The quantitative estimate of drug-likeness (QED) is 0.380. The van der Waals surface area contributed by atoms with E-state index in [9.17, 15) is 31.1 Å². The highest BCUT2D eigenvalue weighted by Crippen LogP contribution is 2.36. The van der Waals surface area contributed by atoms with Gasteiger partial charge in [0.25, 0.3) is 0 Å². The fourth-order valence-electron chi connectivity index (χ4n) is 5.05. The van der Waals surface area contributed by atoms with E-state index in [1.807, 2.05) is 4.90 Å². The predicted molar refractivity (Wildman–Crippen MR) is 131 cm³/mol. The van der Waals surface area contributed by atoms with E-state index in [1.54, 1.807) is 11.0 Å². The van der Waals surface area contributed by atoms with Crippen LogP contribution in [0.25, 0.3) is 0 Å². The molecule has 2 fully saturated rings. The molecule has 0 spiro atoms. The van der Waals surface area contributed by atoms with Gasteiger partial charge in [-0.2, -0.15) is 26.3 Å². The minimum atomic E-state index is -4.53. The van der Waals surface area contributed by atoms with Gasteiger partial charge < -0.3 is 25.6 Å². The maximum absolute atomic E-state index is 13.1. The van der Waals surface area contributed by atoms with Crippen LogP contribution in [0.3, 0.4) is 0 Å². The summed E-state index contributed by atoms with van der Waals surface area (Å²) in [5.74, 6) is -1.56. The van der Waals surface area contributed by atoms with E-state index in [4.69, 9.17) is 10.5 Å². The van der Waals surface area contributed by atoms with Gasteiger partial charge in [-0.25, -0.2) is 0 Å². The van der Waals surface area contributed by atoms with Crippen molar-refractivity contribution >= 4 is 17.3 Å². The van der Waals surface area contributed by atoms with Crippen LogP contribution in [-0.4, -0.2) is 66.8 Å². The van der Waals surface area contributed by atoms with Crippen LogP contribution in [0.4, 0.5) is 37.7 Å². The van der Waals surface area contributed by atoms with Crippen LogP contribution >= 0.6 is 0 Å². The van der Waals surface area contributed by atoms with Crippen molar-refractivity contribution in [1.82, 2.24) is 9.80 Å². The van der Waals surface area contributed by atoms with Gasteiger partial charge in [0.2, 0.25) is 5.91 Å². The highest BCUT2D eigenvalue weighted by Gasteiger charge is 2.38. The summed E-state index contributed by atoms with van der Waals surface area (Å²) in [6.45, 7) is 2.18. The van der Waals surface area contributed by atoms with Crippen molar-refractivity contribution in [3.8, 4) is 0 Å². The number of carbonyl (C=O) groups excluding carboxylic acids is 1. The summed E-state index contributed by atoms with van der Waals surface area (Å²) in [6.07, 6.45) is -2.00. The first-order chi connectivity index (χ1) is 17.9. The van der Waals surface area contributed by atoms with E-state index in [1.165, 1.54) is 24.3 Å². The number of amides is 1. The second-order valence-corrected chi connectivity index (χ2v) is 9.97. The second-order valence-electron chi connectivity index (χ2n) is 9.97. The molecular weight excluding hydrogens is 514 g/mol. The number of nitrogen functional groups attached to an aromatic ring is 1. The molecule has 0 saturated carbocycles. The molecule has 0 bridgehead atoms. The van der Waals surface area contributed by atoms with Gasteiger partial charge in [-0.05, 0) is 56.4 Å². The van der Waals surface area contributed by atoms with Crippen molar-refractivity contribution < 1.29 is 35.9 Å². The Morgan fingerprint density at radius 1 is 1.03 bits per heavy atom. The van der Waals surface area contributed by atoms with Crippen molar-refractivity contribution in [2.45, 2.75) is 56.6 Å². The number of hydrogen-bond acceptors (Lipinski definition) is 5. The van der Waals surface area contributed by atoms with Gasteiger partial charge in [0, 0.05) is 49.3 Å². The van der Waals surface area contributed by atoms with E-state index in [0.717, 1.165) is 11.8 Å². The van der Waals surface area contributed by atoms with Crippen molar-refractivity contribution in [1.29, 1.82) is 0 Å². The minimum Gasteiger partial charge on any atom is -0.398 e. The van der Waals surface area contributed by atoms with Crippen molar-refractivity contribution in [2.24, 2.45) is 5.92 Å². The highest BCUT2D eigenvalue weighted by atomic mass is 19.4. The molecule has 38 heavy (non-hydrogen) atoms. The maximum Gasteiger partial charge on any atom is 0.418 e. The molecule has 3 N–H and O–H groups in total. The van der Waals surface area contributed by atoms with Crippen LogP contribution in [0.5, 0.6) is 0 Å². The fourth-order valence-corrected chi connectivity index (χ4v) is 5.05. The van der Waals surface area contributed by atoms with Gasteiger partial charge in [0.1, 0.15) is 6.61 Å². The van der Waals surface area contributed by atoms with E-state index in [0.29, 0.717) is 57.5 Å². The maximum atomic E-state index is 13.1. The zero-order valence-electron chi connectivity index (χ0n) is 20.8. The Bertz CT molecular complexity index is 1040. The molecule has 1 aliphatic carbocycles. The molecule has 12 heteroatoms. The smallest absolute Gasteiger partial charge is 0.398 e. The van der Waals surface area contributed by atoms with E-state index < -0.39 is 23.8 Å². The molecule has 1 aromatic carbocycles. The van der Waals surface area contributed by atoms with Crippen LogP contribution in [0.1, 0.15) is 37.7 Å². The largest absolute Gasteiger partial charge is 0.418 e. The Kier molecular flexibility index (Phi) is 8.49. The Morgan fingerprint density at radius 3 is 2.29 bits per heavy atom. The number of ether oxygens (including phenoxy) is 1. The number of nitrogens with zero attached hydrogens (tertiary/aromatic N) is 2. The third-order valence-electron chi connectivity index (χ3n) is 7.33. The average molecular weight is 547 g/mol. The minimum absolute atomic E-state index is 0.0501. The zero-order chi connectivity index (χ0) is 27.5. The first-order valence-electron chi connectivity index (χ1n) is 12.7. The summed E-state index contributed by atoms with van der Waals surface area (Å²) < 4.78 is 83.6. The third-order valence-corrected chi connectivity index (χ3v) is 7.33. The third kappa shape index (κ3) is 7.15. The molecule has 2 aliphatic heterocycles. The lowest BCUT2D eigenvalue weighted by molar-refractivity contribution is -0.160. The number of anilines is 2. The van der Waals surface area contributed by atoms with Crippen molar-refractivity contribution in [3.63, 3.8) is 0 Å². The number of rotatable bonds is 6. The summed E-state index contributed by atoms with van der Waals surface area (Å²) in [5, 5.41) is 3.11. The monoisotopic (exact) mass is 546 g/mol. The fraction of sp³-hybridized carbons (Fsp3) is 0.577. The number of piperidine rings is 2. The molecule has 1 atom stereocenters. The normalized spacial score (nSPS) is 21.9. The summed E-state index contributed by atoms with van der Waals surface area (Å²) in [6, 6.07) is 3.69. The van der Waals surface area contributed by atoms with Crippen LogP contribution in [0.15, 0.2) is 42.1 Å². The number of allylic oxidation sites excluding steroid dienone is 3. The van der Waals surface area contributed by atoms with Gasteiger partial charge in [-0.15, -0.1) is 0 Å². The number of carbonyl (C=O) groups is 1. The Balaban J connectivity index is 1.16. The molecule has 2 heterocycles. The number of halogens is 6. The van der Waals surface area contributed by atoms with Gasteiger partial charge in [-0.3, -0.25) is 4.79 Å². The topological polar surface area (TPSA) is 70.8 Å². The standard InChI is InChI=1S/C26H32F6N4O2/c27-25(28,29)17-1-4-20(5-2-17)35-13-9-21(10-14-35)38-16-24(37)36-11-7-18(8-12-36)34-19-3-6-23(33)22(15-19)26(30,31)32/h1,3-6,15,17-18,21,34H,2,7-14,16,33H2. The van der Waals surface area contributed by atoms with E-state index in [2.05, 4.69) is 5.32 Å². The lowest BCUT2D eigenvalue weighted by atomic mass is 9.97. The van der Waals surface area contributed by atoms with Crippen LogP contribution in [0.2, 0.25) is 0 Å². The summed E-state index contributed by atoms with van der Waals surface area (Å²) in [7, 11) is 0. The number of alkyl halides is 6. The zero-order valence-corrected chi connectivity index (χ0v) is 20.8. The number of nitrogens with one attached hydrogen (secondary N) is 1. The van der Waals surface area contributed by atoms with E-state index in [-0.39, 0.29) is 36.8 Å². The number of likely N-dealkylation sites (tertiary alicyclic amines) is 2. The first kappa shape index (κ1) is 28.1. The molecule has 210 valence electrons. The Morgan fingerprint density at radius 2 is 1.71 bits per heavy atom. The van der Waals surface area contributed by atoms with Gasteiger partial charge in [0.05, 0.1) is 17.6 Å². The summed E-state index contributed by atoms with van der Waals surface area (Å²) in [5.41, 5.74) is 5.39.